The number of hydrogen-bond acceptors (Lipinski definition) is 3. The Balaban J connectivity index is 2.39. The molecule has 106 valence electrons. The normalized spacial score (nSPS) is 10.6. The molecule has 0 aliphatic carbocycles. The van der Waals surface area contributed by atoms with Crippen LogP contribution in [0.4, 0.5) is 5.82 Å². The van der Waals surface area contributed by atoms with Gasteiger partial charge in [0, 0.05) is 19.8 Å². The lowest BCUT2D eigenvalue weighted by atomic mass is 10.1. The van der Waals surface area contributed by atoms with E-state index in [1.54, 1.807) is 13.1 Å². The first-order chi connectivity index (χ1) is 9.04. The summed E-state index contributed by atoms with van der Waals surface area (Å²) in [7, 11) is 1.74. The number of nitrogens with zero attached hydrogens (tertiary/aromatic N) is 1. The Morgan fingerprint density at radius 2 is 2.16 bits per heavy atom. The molecule has 0 aromatic carbocycles. The summed E-state index contributed by atoms with van der Waals surface area (Å²) in [5, 5.41) is 6.19. The van der Waals surface area contributed by atoms with Crippen molar-refractivity contribution >= 4 is 23.3 Å². The number of carbonyl (C=O) groups is 1. The molecular weight excluding hydrogens is 262 g/mol. The highest BCUT2D eigenvalue weighted by molar-refractivity contribution is 6.33. The van der Waals surface area contributed by atoms with E-state index in [-0.39, 0.29) is 5.91 Å². The zero-order valence-electron chi connectivity index (χ0n) is 11.8. The second-order valence-corrected chi connectivity index (χ2v) is 5.36. The second-order valence-electron chi connectivity index (χ2n) is 4.95. The number of carbonyl (C=O) groups excluding carboxylic acids is 1. The Morgan fingerprint density at radius 1 is 1.42 bits per heavy atom. The van der Waals surface area contributed by atoms with Gasteiger partial charge in [0.05, 0.1) is 10.6 Å². The fourth-order valence-corrected chi connectivity index (χ4v) is 1.99. The number of unbranched alkanes of at least 4 members (excludes halogenated alkanes) is 1. The minimum atomic E-state index is -0.124. The first-order valence-corrected chi connectivity index (χ1v) is 7.04. The van der Waals surface area contributed by atoms with Gasteiger partial charge in [-0.25, -0.2) is 4.98 Å². The molecule has 0 bridgehead atoms. The van der Waals surface area contributed by atoms with E-state index in [0.717, 1.165) is 12.8 Å². The molecule has 0 aliphatic rings. The van der Waals surface area contributed by atoms with Crippen LogP contribution >= 0.6 is 11.6 Å². The molecule has 2 N–H and O–H groups in total. The first-order valence-electron chi connectivity index (χ1n) is 6.66. The fourth-order valence-electron chi connectivity index (χ4n) is 1.73. The molecule has 5 heteroatoms. The van der Waals surface area contributed by atoms with Crippen LogP contribution in [0, 0.1) is 5.92 Å². The van der Waals surface area contributed by atoms with Crippen LogP contribution in [0.2, 0.25) is 5.02 Å². The molecule has 0 radical (unpaired) electrons. The van der Waals surface area contributed by atoms with Gasteiger partial charge in [-0.2, -0.15) is 0 Å². The SMILES string of the molecule is CNc1ncc(C(=O)NCCCCC(C)C)cc1Cl. The smallest absolute Gasteiger partial charge is 0.252 e. The summed E-state index contributed by atoms with van der Waals surface area (Å²) in [5.41, 5.74) is 0.493. The van der Waals surface area contributed by atoms with Gasteiger partial charge >= 0.3 is 0 Å². The molecular formula is C14H22ClN3O. The standard InChI is InChI=1S/C14H22ClN3O/c1-10(2)6-4-5-7-17-14(19)11-8-12(15)13(16-3)18-9-11/h8-10H,4-7H2,1-3H3,(H,16,18)(H,17,19). The molecule has 4 nitrogen and oxygen atoms in total. The fraction of sp³-hybridized carbons (Fsp3) is 0.571. The zero-order chi connectivity index (χ0) is 14.3. The maximum absolute atomic E-state index is 11.9. The van der Waals surface area contributed by atoms with E-state index < -0.39 is 0 Å². The molecule has 0 spiro atoms. The molecule has 0 saturated heterocycles. The van der Waals surface area contributed by atoms with Gasteiger partial charge in [-0.1, -0.05) is 38.3 Å². The average Bonchev–Trinajstić information content (AvgIpc) is 2.37. The van der Waals surface area contributed by atoms with E-state index in [1.165, 1.54) is 12.6 Å². The number of aromatic nitrogens is 1. The number of halogens is 1. The lowest BCUT2D eigenvalue weighted by molar-refractivity contribution is 0.0952. The number of nitrogens with one attached hydrogen (secondary N) is 2. The Kier molecular flexibility index (Phi) is 6.64. The number of pyridine rings is 1. The highest BCUT2D eigenvalue weighted by Gasteiger charge is 2.08. The summed E-state index contributed by atoms with van der Waals surface area (Å²) < 4.78 is 0. The van der Waals surface area contributed by atoms with Crippen molar-refractivity contribution in [2.75, 3.05) is 18.9 Å². The maximum atomic E-state index is 11.9. The van der Waals surface area contributed by atoms with Crippen LogP contribution in [-0.2, 0) is 0 Å². The van der Waals surface area contributed by atoms with Crippen LogP contribution in [0.3, 0.4) is 0 Å². The molecule has 1 heterocycles. The van der Waals surface area contributed by atoms with Gasteiger partial charge in [-0.05, 0) is 18.4 Å². The van der Waals surface area contributed by atoms with Crippen molar-refractivity contribution in [3.05, 3.63) is 22.8 Å². The molecule has 19 heavy (non-hydrogen) atoms. The van der Waals surface area contributed by atoms with Crippen molar-refractivity contribution in [3.63, 3.8) is 0 Å². The zero-order valence-corrected chi connectivity index (χ0v) is 12.5. The van der Waals surface area contributed by atoms with Gasteiger partial charge in [0.25, 0.3) is 5.91 Å². The Bertz CT molecular complexity index is 421. The molecule has 0 fully saturated rings. The lowest BCUT2D eigenvalue weighted by Gasteiger charge is -2.08. The Labute approximate surface area is 120 Å². The van der Waals surface area contributed by atoms with Gasteiger partial charge < -0.3 is 10.6 Å². The van der Waals surface area contributed by atoms with E-state index in [9.17, 15) is 4.79 Å². The molecule has 0 aliphatic heterocycles. The quantitative estimate of drug-likeness (QED) is 0.755. The topological polar surface area (TPSA) is 54.0 Å². The molecule has 1 aromatic rings. The van der Waals surface area contributed by atoms with Crippen molar-refractivity contribution in [2.45, 2.75) is 33.1 Å². The minimum absolute atomic E-state index is 0.124. The number of anilines is 1. The Hall–Kier alpha value is -1.29. The van der Waals surface area contributed by atoms with Crippen LogP contribution in [-0.4, -0.2) is 24.5 Å². The van der Waals surface area contributed by atoms with Crippen LogP contribution < -0.4 is 10.6 Å². The number of hydrogen-bond donors (Lipinski definition) is 2. The highest BCUT2D eigenvalue weighted by atomic mass is 35.5. The summed E-state index contributed by atoms with van der Waals surface area (Å²) >= 11 is 5.99. The third-order valence-corrected chi connectivity index (χ3v) is 3.12. The summed E-state index contributed by atoms with van der Waals surface area (Å²) in [5.74, 6) is 1.17. The van der Waals surface area contributed by atoms with Crippen LogP contribution in [0.5, 0.6) is 0 Å². The van der Waals surface area contributed by atoms with Gasteiger partial charge in [-0.3, -0.25) is 4.79 Å². The highest BCUT2D eigenvalue weighted by Crippen LogP contribution is 2.19. The first kappa shape index (κ1) is 15.8. The van der Waals surface area contributed by atoms with Crippen molar-refractivity contribution < 1.29 is 4.79 Å². The van der Waals surface area contributed by atoms with E-state index in [0.29, 0.717) is 28.9 Å². The van der Waals surface area contributed by atoms with Crippen molar-refractivity contribution in [3.8, 4) is 0 Å². The summed E-state index contributed by atoms with van der Waals surface area (Å²) in [6.07, 6.45) is 4.86. The third kappa shape index (κ3) is 5.47. The van der Waals surface area contributed by atoms with E-state index in [1.807, 2.05) is 0 Å². The van der Waals surface area contributed by atoms with E-state index >= 15 is 0 Å². The monoisotopic (exact) mass is 283 g/mol. The molecule has 0 unspecified atom stereocenters. The molecule has 1 amide bonds. The largest absolute Gasteiger partial charge is 0.372 e. The lowest BCUT2D eigenvalue weighted by Crippen LogP contribution is -2.24. The van der Waals surface area contributed by atoms with Crippen molar-refractivity contribution in [1.82, 2.24) is 10.3 Å². The summed E-state index contributed by atoms with van der Waals surface area (Å²) in [6, 6.07) is 1.63. The van der Waals surface area contributed by atoms with Gasteiger partial charge in [0.1, 0.15) is 5.82 Å². The average molecular weight is 284 g/mol. The minimum Gasteiger partial charge on any atom is -0.372 e. The maximum Gasteiger partial charge on any atom is 0.252 e. The van der Waals surface area contributed by atoms with Crippen molar-refractivity contribution in [2.24, 2.45) is 5.92 Å². The van der Waals surface area contributed by atoms with Gasteiger partial charge in [0.15, 0.2) is 0 Å². The molecule has 0 saturated carbocycles. The predicted molar refractivity (Wildman–Crippen MR) is 79.8 cm³/mol. The van der Waals surface area contributed by atoms with E-state index in [4.69, 9.17) is 11.6 Å². The summed E-state index contributed by atoms with van der Waals surface area (Å²) in [4.78, 5) is 15.9. The van der Waals surface area contributed by atoms with Crippen LogP contribution in [0.25, 0.3) is 0 Å². The number of amides is 1. The van der Waals surface area contributed by atoms with Gasteiger partial charge in [0.2, 0.25) is 0 Å². The second kappa shape index (κ2) is 8.00. The van der Waals surface area contributed by atoms with Crippen LogP contribution in [0.15, 0.2) is 12.3 Å². The molecule has 0 atom stereocenters. The Morgan fingerprint density at radius 3 is 2.74 bits per heavy atom. The molecule has 1 aromatic heterocycles. The van der Waals surface area contributed by atoms with E-state index in [2.05, 4.69) is 29.5 Å². The summed E-state index contributed by atoms with van der Waals surface area (Å²) in [6.45, 7) is 5.10. The van der Waals surface area contributed by atoms with Crippen molar-refractivity contribution in [1.29, 1.82) is 0 Å². The molecule has 1 rings (SSSR count). The predicted octanol–water partition coefficient (Wildman–Crippen LogP) is 3.33. The third-order valence-electron chi connectivity index (χ3n) is 2.83. The van der Waals surface area contributed by atoms with Crippen LogP contribution in [0.1, 0.15) is 43.5 Å². The van der Waals surface area contributed by atoms with Gasteiger partial charge in [-0.15, -0.1) is 0 Å². The number of rotatable bonds is 7.